The fraction of sp³-hybridized carbons (Fsp3) is 0.0833. The Balaban J connectivity index is 1.42. The van der Waals surface area contributed by atoms with E-state index in [1.54, 1.807) is 59.4 Å². The second-order valence-corrected chi connectivity index (χ2v) is 9.35. The van der Waals surface area contributed by atoms with Crippen LogP contribution in [0.3, 0.4) is 0 Å². The predicted molar refractivity (Wildman–Crippen MR) is 138 cm³/mol. The summed E-state index contributed by atoms with van der Waals surface area (Å²) in [5.74, 6) is 0.398. The minimum absolute atomic E-state index is 0.224. The molecule has 0 aliphatic rings. The fourth-order valence-corrected chi connectivity index (χ4v) is 4.10. The second kappa shape index (κ2) is 10.9. The number of hydrogen-bond donors (Lipinski definition) is 1. The normalized spacial score (nSPS) is 10.9. The summed E-state index contributed by atoms with van der Waals surface area (Å²) in [5, 5.41) is 9.27. The molecular formula is C24H16Cl5N3O2. The summed E-state index contributed by atoms with van der Waals surface area (Å²) >= 11 is 30.4. The van der Waals surface area contributed by atoms with E-state index in [2.05, 4.69) is 10.4 Å². The highest BCUT2D eigenvalue weighted by Crippen LogP contribution is 2.28. The van der Waals surface area contributed by atoms with Gasteiger partial charge in [0, 0.05) is 16.8 Å². The molecule has 1 heterocycles. The maximum absolute atomic E-state index is 12.8. The summed E-state index contributed by atoms with van der Waals surface area (Å²) < 4.78 is 7.36. The molecular weight excluding hydrogens is 540 g/mol. The molecule has 0 unspecified atom stereocenters. The van der Waals surface area contributed by atoms with Crippen molar-refractivity contribution < 1.29 is 9.53 Å². The molecule has 4 rings (SSSR count). The Morgan fingerprint density at radius 3 is 2.44 bits per heavy atom. The Morgan fingerprint density at radius 1 is 0.853 bits per heavy atom. The minimum Gasteiger partial charge on any atom is -0.487 e. The number of carbonyl (C=O) groups is 1. The molecule has 0 saturated heterocycles. The van der Waals surface area contributed by atoms with Crippen LogP contribution in [0, 0.1) is 0 Å². The van der Waals surface area contributed by atoms with Crippen LogP contribution in [0.4, 0.5) is 5.82 Å². The molecule has 1 aromatic heterocycles. The van der Waals surface area contributed by atoms with Crippen LogP contribution in [0.15, 0.2) is 66.9 Å². The molecule has 0 radical (unpaired) electrons. The summed E-state index contributed by atoms with van der Waals surface area (Å²) in [5.41, 5.74) is 2.10. The zero-order valence-corrected chi connectivity index (χ0v) is 21.1. The number of anilines is 1. The van der Waals surface area contributed by atoms with Crippen molar-refractivity contribution in [1.82, 2.24) is 9.78 Å². The number of halogens is 5. The third-order valence-electron chi connectivity index (χ3n) is 4.75. The molecule has 5 nitrogen and oxygen atoms in total. The number of hydrogen-bond acceptors (Lipinski definition) is 3. The average Bonchev–Trinajstić information content (AvgIpc) is 3.14. The zero-order valence-electron chi connectivity index (χ0n) is 17.4. The van der Waals surface area contributed by atoms with Crippen molar-refractivity contribution in [1.29, 1.82) is 0 Å². The first-order chi connectivity index (χ1) is 16.3. The average molecular weight is 556 g/mol. The first-order valence-electron chi connectivity index (χ1n) is 9.93. The first kappa shape index (κ1) is 24.7. The summed E-state index contributed by atoms with van der Waals surface area (Å²) in [4.78, 5) is 12.8. The molecule has 34 heavy (non-hydrogen) atoms. The van der Waals surface area contributed by atoms with E-state index in [1.807, 2.05) is 12.1 Å². The van der Waals surface area contributed by atoms with Crippen LogP contribution in [0.25, 0.3) is 0 Å². The number of nitrogens with one attached hydrogen (secondary N) is 1. The molecule has 0 saturated carbocycles. The van der Waals surface area contributed by atoms with Gasteiger partial charge in [-0.3, -0.25) is 9.48 Å². The Hall–Kier alpha value is -2.41. The second-order valence-electron chi connectivity index (χ2n) is 7.29. The van der Waals surface area contributed by atoms with Crippen molar-refractivity contribution in [3.63, 3.8) is 0 Å². The van der Waals surface area contributed by atoms with E-state index >= 15 is 0 Å². The minimum atomic E-state index is -0.354. The van der Waals surface area contributed by atoms with E-state index in [0.29, 0.717) is 43.0 Å². The standard InChI is InChI=1S/C24H16Cl5N3O2/c25-17-5-7-22(20(28)10-17)34-13-15-2-1-3-16(8-15)24(33)30-23-21(29)12-32(31-23)11-14-4-6-18(26)19(27)9-14/h1-10,12H,11,13H2,(H,30,31,33). The smallest absolute Gasteiger partial charge is 0.256 e. The quantitative estimate of drug-likeness (QED) is 0.251. The van der Waals surface area contributed by atoms with Crippen LogP contribution < -0.4 is 10.1 Å². The van der Waals surface area contributed by atoms with E-state index in [-0.39, 0.29) is 18.3 Å². The van der Waals surface area contributed by atoms with Gasteiger partial charge in [-0.25, -0.2) is 0 Å². The fourth-order valence-electron chi connectivity index (χ4n) is 3.12. The van der Waals surface area contributed by atoms with Crippen molar-refractivity contribution in [2.75, 3.05) is 5.32 Å². The van der Waals surface area contributed by atoms with Gasteiger partial charge in [0.1, 0.15) is 17.4 Å². The number of benzene rings is 3. The lowest BCUT2D eigenvalue weighted by molar-refractivity contribution is 0.102. The van der Waals surface area contributed by atoms with Gasteiger partial charge < -0.3 is 10.1 Å². The lowest BCUT2D eigenvalue weighted by atomic mass is 10.1. The Morgan fingerprint density at radius 2 is 1.68 bits per heavy atom. The monoisotopic (exact) mass is 553 g/mol. The molecule has 0 fully saturated rings. The largest absolute Gasteiger partial charge is 0.487 e. The highest BCUT2D eigenvalue weighted by atomic mass is 35.5. The SMILES string of the molecule is O=C(Nc1nn(Cc2ccc(Cl)c(Cl)c2)cc1Cl)c1cccc(COc2ccc(Cl)cc2Cl)c1. The molecule has 10 heteroatoms. The number of nitrogens with zero attached hydrogens (tertiary/aromatic N) is 2. The van der Waals surface area contributed by atoms with Crippen LogP contribution in [-0.4, -0.2) is 15.7 Å². The van der Waals surface area contributed by atoms with E-state index in [0.717, 1.165) is 11.1 Å². The molecule has 0 aliphatic carbocycles. The highest BCUT2D eigenvalue weighted by molar-refractivity contribution is 6.42. The van der Waals surface area contributed by atoms with Crippen LogP contribution in [0.2, 0.25) is 25.1 Å². The number of ether oxygens (including phenoxy) is 1. The van der Waals surface area contributed by atoms with Crippen molar-refractivity contribution in [2.45, 2.75) is 13.2 Å². The van der Waals surface area contributed by atoms with Crippen molar-refractivity contribution >= 4 is 69.7 Å². The Labute approximate surface area is 221 Å². The lowest BCUT2D eigenvalue weighted by Crippen LogP contribution is -2.13. The van der Waals surface area contributed by atoms with Crippen molar-refractivity contribution in [3.05, 3.63) is 109 Å². The summed E-state index contributed by atoms with van der Waals surface area (Å²) in [7, 11) is 0. The van der Waals surface area contributed by atoms with Gasteiger partial charge in [-0.2, -0.15) is 5.10 Å². The van der Waals surface area contributed by atoms with Gasteiger partial charge in [0.15, 0.2) is 5.82 Å². The third-order valence-corrected chi connectivity index (χ3v) is 6.30. The third kappa shape index (κ3) is 6.17. The van der Waals surface area contributed by atoms with Gasteiger partial charge in [0.2, 0.25) is 0 Å². The van der Waals surface area contributed by atoms with Gasteiger partial charge >= 0.3 is 0 Å². The highest BCUT2D eigenvalue weighted by Gasteiger charge is 2.14. The number of rotatable bonds is 7. The number of aromatic nitrogens is 2. The summed E-state index contributed by atoms with van der Waals surface area (Å²) in [6.45, 7) is 0.633. The van der Waals surface area contributed by atoms with Crippen LogP contribution in [0.1, 0.15) is 21.5 Å². The van der Waals surface area contributed by atoms with Gasteiger partial charge in [-0.15, -0.1) is 0 Å². The number of amides is 1. The van der Waals surface area contributed by atoms with Gasteiger partial charge in [0.25, 0.3) is 5.91 Å². The molecule has 0 bridgehead atoms. The van der Waals surface area contributed by atoms with E-state index in [1.165, 1.54) is 0 Å². The molecule has 0 aliphatic heterocycles. The van der Waals surface area contributed by atoms with Crippen LogP contribution in [-0.2, 0) is 13.2 Å². The molecule has 0 atom stereocenters. The molecule has 174 valence electrons. The lowest BCUT2D eigenvalue weighted by Gasteiger charge is -2.09. The Bertz CT molecular complexity index is 1360. The predicted octanol–water partition coefficient (Wildman–Crippen LogP) is 8.03. The van der Waals surface area contributed by atoms with Gasteiger partial charge in [-0.1, -0.05) is 76.2 Å². The van der Waals surface area contributed by atoms with E-state index < -0.39 is 0 Å². The maximum atomic E-state index is 12.8. The van der Waals surface area contributed by atoms with Gasteiger partial charge in [0.05, 0.1) is 21.6 Å². The molecule has 1 amide bonds. The van der Waals surface area contributed by atoms with Crippen molar-refractivity contribution in [2.24, 2.45) is 0 Å². The van der Waals surface area contributed by atoms with E-state index in [4.69, 9.17) is 62.7 Å². The van der Waals surface area contributed by atoms with Crippen molar-refractivity contribution in [3.8, 4) is 5.75 Å². The zero-order chi connectivity index (χ0) is 24.2. The summed E-state index contributed by atoms with van der Waals surface area (Å²) in [6.07, 6.45) is 1.62. The van der Waals surface area contributed by atoms with Crippen LogP contribution >= 0.6 is 58.0 Å². The maximum Gasteiger partial charge on any atom is 0.256 e. The molecule has 3 aromatic carbocycles. The van der Waals surface area contributed by atoms with Gasteiger partial charge in [-0.05, 0) is 53.6 Å². The molecule has 1 N–H and O–H groups in total. The topological polar surface area (TPSA) is 56.2 Å². The van der Waals surface area contributed by atoms with E-state index in [9.17, 15) is 4.79 Å². The molecule has 0 spiro atoms. The van der Waals surface area contributed by atoms with Crippen LogP contribution in [0.5, 0.6) is 5.75 Å². The first-order valence-corrected chi connectivity index (χ1v) is 11.8. The Kier molecular flexibility index (Phi) is 7.91. The molecule has 4 aromatic rings. The number of carbonyl (C=O) groups excluding carboxylic acids is 1. The summed E-state index contributed by atoms with van der Waals surface area (Å²) in [6, 6.07) is 17.3.